The fraction of sp³-hybridized carbons (Fsp3) is 0. The molecule has 0 fully saturated rings. The van der Waals surface area contributed by atoms with Gasteiger partial charge >= 0.3 is 0 Å². The third-order valence-electron chi connectivity index (χ3n) is 0.246. The van der Waals surface area contributed by atoms with Crippen molar-refractivity contribution >= 4 is 22.5 Å². The zero-order valence-electron chi connectivity index (χ0n) is 3.35. The lowest BCUT2D eigenvalue weighted by atomic mass is 13.7. The zero-order chi connectivity index (χ0) is 6.73. The normalized spacial score (nSPS) is 18.5. The van der Waals surface area contributed by atoms with E-state index < -0.39 is 26.5 Å². The summed E-state index contributed by atoms with van der Waals surface area (Å²) in [6, 6.07) is 0. The van der Waals surface area contributed by atoms with E-state index in [0.29, 0.717) is 0 Å². The Bertz CT molecular complexity index is 109. The van der Waals surface area contributed by atoms with Gasteiger partial charge in [-0.05, 0) is 0 Å². The second kappa shape index (κ2) is 3.20. The molecule has 0 aliphatic carbocycles. The molecule has 8 heavy (non-hydrogen) atoms. The Morgan fingerprint density at radius 3 is 1.50 bits per heavy atom. The van der Waals surface area contributed by atoms with Crippen LogP contribution in [0.4, 0.5) is 4.48 Å². The van der Waals surface area contributed by atoms with Gasteiger partial charge in [0.25, 0.3) is 22.5 Å². The molecule has 5 nitrogen and oxygen atoms in total. The van der Waals surface area contributed by atoms with Crippen molar-refractivity contribution in [1.29, 1.82) is 0 Å². The molecule has 50 valence electrons. The minimum Gasteiger partial charge on any atom is -0.291 e. The Morgan fingerprint density at radius 2 is 1.50 bits per heavy atom. The van der Waals surface area contributed by atoms with E-state index in [1.165, 1.54) is 0 Å². The highest BCUT2D eigenvalue weighted by Crippen LogP contribution is 1.93. The van der Waals surface area contributed by atoms with E-state index in [1.54, 1.807) is 0 Å². The van der Waals surface area contributed by atoms with Gasteiger partial charge in [0.05, 0.1) is 3.93 Å². The number of hydrogen-bond donors (Lipinski definition) is 2. The van der Waals surface area contributed by atoms with Crippen molar-refractivity contribution in [2.75, 3.05) is 0 Å². The zero-order valence-corrected chi connectivity index (χ0v) is 4.99. The number of nitrogens with zero attached hydrogens (tertiary/aromatic N) is 1. The Morgan fingerprint density at radius 1 is 1.25 bits per heavy atom. The van der Waals surface area contributed by atoms with Gasteiger partial charge in [-0.3, -0.25) is 9.11 Å². The first-order chi connectivity index (χ1) is 3.55. The van der Waals surface area contributed by atoms with Gasteiger partial charge in [-0.2, -0.15) is 0 Å². The Kier molecular flexibility index (Phi) is 3.24. The Hall–Kier alpha value is 0.110. The molecule has 0 saturated carbocycles. The lowest BCUT2D eigenvalue weighted by Gasteiger charge is -1.95. The average molecular weight is 163 g/mol. The molecule has 0 heterocycles. The van der Waals surface area contributed by atoms with Crippen LogP contribution in [0.3, 0.4) is 0 Å². The summed E-state index contributed by atoms with van der Waals surface area (Å²) in [4.78, 5) is 0. The minimum atomic E-state index is -3.02. The van der Waals surface area contributed by atoms with Gasteiger partial charge in [0, 0.05) is 0 Å². The van der Waals surface area contributed by atoms with Gasteiger partial charge in [0.2, 0.25) is 0 Å². The van der Waals surface area contributed by atoms with Crippen LogP contribution in [-0.4, -0.2) is 21.5 Å². The van der Waals surface area contributed by atoms with Crippen LogP contribution in [0, 0.1) is 0 Å². The second-order valence-electron chi connectivity index (χ2n) is 0.674. The summed E-state index contributed by atoms with van der Waals surface area (Å²) in [5.74, 6) is 0. The topological polar surface area (TPSA) is 77.8 Å². The standard InChI is InChI=1S/FH2NO4S2/c1-2(7(3)4)8(5)6/h(H,3,4)(H,5,6). The van der Waals surface area contributed by atoms with Crippen molar-refractivity contribution < 1.29 is 22.0 Å². The molecule has 0 amide bonds. The van der Waals surface area contributed by atoms with Crippen molar-refractivity contribution in [3.63, 3.8) is 0 Å². The SMILES string of the molecule is O=S(O)N(F)S(=O)O. The minimum absolute atomic E-state index is 1.11. The van der Waals surface area contributed by atoms with Crippen LogP contribution in [-0.2, 0) is 22.5 Å². The molecule has 0 spiro atoms. The number of rotatable bonds is 2. The number of halogens is 1. The lowest BCUT2D eigenvalue weighted by molar-refractivity contribution is 0.241. The first-order valence-corrected chi connectivity index (χ1v) is 3.36. The van der Waals surface area contributed by atoms with Crippen LogP contribution >= 0.6 is 0 Å². The van der Waals surface area contributed by atoms with Crippen LogP contribution in [0.1, 0.15) is 0 Å². The quantitative estimate of drug-likeness (QED) is 0.422. The molecule has 2 unspecified atom stereocenters. The largest absolute Gasteiger partial charge is 0.291 e. The fourth-order valence-corrected chi connectivity index (χ4v) is 0.491. The van der Waals surface area contributed by atoms with E-state index in [-0.39, 0.29) is 0 Å². The highest BCUT2D eigenvalue weighted by atomic mass is 32.3. The maximum Gasteiger partial charge on any atom is 0.278 e. The van der Waals surface area contributed by atoms with Crippen molar-refractivity contribution in [2.24, 2.45) is 0 Å². The second-order valence-corrected chi connectivity index (χ2v) is 2.47. The van der Waals surface area contributed by atoms with Gasteiger partial charge in [0.15, 0.2) is 0 Å². The summed E-state index contributed by atoms with van der Waals surface area (Å²) in [5, 5.41) is 0. The Balaban J connectivity index is 3.83. The molecule has 2 atom stereocenters. The predicted molar refractivity (Wildman–Crippen MR) is 24.5 cm³/mol. The summed E-state index contributed by atoms with van der Waals surface area (Å²) >= 11 is -6.05. The van der Waals surface area contributed by atoms with E-state index in [1.807, 2.05) is 0 Å². The van der Waals surface area contributed by atoms with E-state index in [9.17, 15) is 12.9 Å². The molecule has 0 aromatic rings. The fourth-order valence-electron chi connectivity index (χ4n) is 0.0545. The van der Waals surface area contributed by atoms with Gasteiger partial charge in [-0.15, -0.1) is 4.48 Å². The molecular formula is H2FNO4S2. The monoisotopic (exact) mass is 163 g/mol. The first-order valence-electron chi connectivity index (χ1n) is 1.23. The molecule has 0 aromatic carbocycles. The maximum absolute atomic E-state index is 11.4. The summed E-state index contributed by atoms with van der Waals surface area (Å²) in [6.07, 6.45) is 0. The van der Waals surface area contributed by atoms with Gasteiger partial charge in [0.1, 0.15) is 0 Å². The molecule has 0 aromatic heterocycles. The van der Waals surface area contributed by atoms with Crippen LogP contribution in [0.2, 0.25) is 0 Å². The summed E-state index contributed by atoms with van der Waals surface area (Å²) < 4.78 is 44.5. The summed E-state index contributed by atoms with van der Waals surface area (Å²) in [7, 11) is 0. The third-order valence-corrected chi connectivity index (χ3v) is 1.50. The maximum atomic E-state index is 11.4. The smallest absolute Gasteiger partial charge is 0.278 e. The highest BCUT2D eigenvalue weighted by molar-refractivity contribution is 7.92. The average Bonchev–Trinajstić information content (AvgIpc) is 1.64. The van der Waals surface area contributed by atoms with Crippen LogP contribution in [0.5, 0.6) is 0 Å². The summed E-state index contributed by atoms with van der Waals surface area (Å²) in [5.41, 5.74) is 0. The molecular weight excluding hydrogens is 161 g/mol. The molecule has 0 bridgehead atoms. The van der Waals surface area contributed by atoms with Crippen molar-refractivity contribution in [2.45, 2.75) is 0 Å². The van der Waals surface area contributed by atoms with Crippen LogP contribution in [0.15, 0.2) is 0 Å². The highest BCUT2D eigenvalue weighted by Gasteiger charge is 2.14. The molecule has 0 aliphatic rings. The van der Waals surface area contributed by atoms with E-state index in [4.69, 9.17) is 9.11 Å². The molecule has 0 rings (SSSR count). The lowest BCUT2D eigenvalue weighted by Crippen LogP contribution is -2.17. The summed E-state index contributed by atoms with van der Waals surface area (Å²) in [6.45, 7) is 0. The predicted octanol–water partition coefficient (Wildman–Crippen LogP) is -0.554. The number of hydrogen-bond acceptors (Lipinski definition) is 2. The van der Waals surface area contributed by atoms with Crippen molar-refractivity contribution in [3.8, 4) is 0 Å². The van der Waals surface area contributed by atoms with E-state index in [0.717, 1.165) is 0 Å². The van der Waals surface area contributed by atoms with Crippen molar-refractivity contribution in [3.05, 3.63) is 0 Å². The molecule has 0 saturated heterocycles. The van der Waals surface area contributed by atoms with Crippen molar-refractivity contribution in [1.82, 2.24) is 3.93 Å². The van der Waals surface area contributed by atoms with Gasteiger partial charge in [-0.1, -0.05) is 0 Å². The van der Waals surface area contributed by atoms with Gasteiger partial charge in [-0.25, -0.2) is 8.42 Å². The molecule has 8 heteroatoms. The van der Waals surface area contributed by atoms with Crippen LogP contribution < -0.4 is 0 Å². The van der Waals surface area contributed by atoms with E-state index >= 15 is 0 Å². The third kappa shape index (κ3) is 2.43. The molecule has 0 aliphatic heterocycles. The van der Waals surface area contributed by atoms with Crippen LogP contribution in [0.25, 0.3) is 0 Å². The first kappa shape index (κ1) is 8.11. The molecule has 0 radical (unpaired) electrons. The Labute approximate surface area is 49.3 Å². The molecule has 2 N–H and O–H groups in total. The van der Waals surface area contributed by atoms with Gasteiger partial charge < -0.3 is 0 Å². The van der Waals surface area contributed by atoms with E-state index in [2.05, 4.69) is 0 Å².